The Kier molecular flexibility index (Phi) is 7.43. The molecule has 0 bridgehead atoms. The molecule has 3 rings (SSSR count). The molecule has 1 aromatic carbocycles. The molecular formula is C22H30N4O6S. The van der Waals surface area contributed by atoms with Gasteiger partial charge in [-0.2, -0.15) is 9.40 Å². The van der Waals surface area contributed by atoms with Crippen molar-refractivity contribution in [1.29, 1.82) is 0 Å². The van der Waals surface area contributed by atoms with E-state index in [0.29, 0.717) is 36.5 Å². The van der Waals surface area contributed by atoms with Gasteiger partial charge in [0.05, 0.1) is 35.0 Å². The van der Waals surface area contributed by atoms with E-state index in [1.54, 1.807) is 30.8 Å². The van der Waals surface area contributed by atoms with Crippen molar-refractivity contribution in [2.45, 2.75) is 44.6 Å². The molecule has 1 aliphatic heterocycles. The van der Waals surface area contributed by atoms with Gasteiger partial charge in [0.2, 0.25) is 10.0 Å². The van der Waals surface area contributed by atoms with E-state index in [4.69, 9.17) is 9.47 Å². The molecule has 2 heterocycles. The van der Waals surface area contributed by atoms with Crippen LogP contribution in [0, 0.1) is 19.8 Å². The fraction of sp³-hybridized carbons (Fsp3) is 0.500. The fourth-order valence-electron chi connectivity index (χ4n) is 3.75. The Balaban J connectivity index is 1.63. The lowest BCUT2D eigenvalue weighted by Crippen LogP contribution is -2.44. The first-order valence-corrected chi connectivity index (χ1v) is 12.1. The molecule has 1 saturated heterocycles. The molecule has 1 N–H and O–H groups in total. The molecular weight excluding hydrogens is 448 g/mol. The number of benzene rings is 1. The number of sulfonamides is 1. The maximum atomic E-state index is 13.0. The zero-order valence-corrected chi connectivity index (χ0v) is 20.3. The Hall–Kier alpha value is -2.92. The van der Waals surface area contributed by atoms with E-state index in [9.17, 15) is 18.0 Å². The molecule has 2 aromatic rings. The van der Waals surface area contributed by atoms with Crippen LogP contribution in [-0.4, -0.2) is 60.7 Å². The molecule has 2 unspecified atom stereocenters. The Labute approximate surface area is 193 Å². The number of hydrogen-bond donors (Lipinski definition) is 1. The standard InChI is InChI=1S/C22H30N4O6S/c1-14-20(15(2)25(4)24-14)23-21(27)16(3)32-22(28)17-7-6-12-26(13-17)33(29,30)19-10-8-18(31-5)9-11-19/h8-11,16-17H,6-7,12-13H2,1-5H3,(H,23,27). The van der Waals surface area contributed by atoms with E-state index >= 15 is 0 Å². The Morgan fingerprint density at radius 3 is 2.45 bits per heavy atom. The summed E-state index contributed by atoms with van der Waals surface area (Å²) in [5.41, 5.74) is 2.03. The summed E-state index contributed by atoms with van der Waals surface area (Å²) < 4.78 is 39.4. The topological polar surface area (TPSA) is 120 Å². The van der Waals surface area contributed by atoms with Crippen molar-refractivity contribution >= 4 is 27.6 Å². The van der Waals surface area contributed by atoms with Crippen LogP contribution >= 0.6 is 0 Å². The van der Waals surface area contributed by atoms with Gasteiger partial charge in [0.1, 0.15) is 5.75 Å². The molecule has 0 saturated carbocycles. The number of carbonyl (C=O) groups is 2. The molecule has 1 aliphatic rings. The van der Waals surface area contributed by atoms with Crippen molar-refractivity contribution in [3.8, 4) is 5.75 Å². The van der Waals surface area contributed by atoms with Gasteiger partial charge in [0.15, 0.2) is 6.10 Å². The number of nitrogens with one attached hydrogen (secondary N) is 1. The number of aromatic nitrogens is 2. The van der Waals surface area contributed by atoms with E-state index in [2.05, 4.69) is 10.4 Å². The summed E-state index contributed by atoms with van der Waals surface area (Å²) >= 11 is 0. The Bertz CT molecular complexity index is 1130. The number of hydrogen-bond acceptors (Lipinski definition) is 7. The van der Waals surface area contributed by atoms with Gasteiger partial charge in [-0.15, -0.1) is 0 Å². The SMILES string of the molecule is COc1ccc(S(=O)(=O)N2CCCC(C(=O)OC(C)C(=O)Nc3c(C)nn(C)c3C)C2)cc1. The number of nitrogens with zero attached hydrogens (tertiary/aromatic N) is 3. The van der Waals surface area contributed by atoms with E-state index in [1.807, 2.05) is 6.92 Å². The summed E-state index contributed by atoms with van der Waals surface area (Å²) in [5.74, 6) is -1.16. The summed E-state index contributed by atoms with van der Waals surface area (Å²) in [5, 5.41) is 7.00. The van der Waals surface area contributed by atoms with Crippen molar-refractivity contribution in [3.05, 3.63) is 35.7 Å². The first-order valence-electron chi connectivity index (χ1n) is 10.7. The predicted molar refractivity (Wildman–Crippen MR) is 121 cm³/mol. The minimum Gasteiger partial charge on any atom is -0.497 e. The molecule has 0 radical (unpaired) electrons. The van der Waals surface area contributed by atoms with Crippen LogP contribution in [-0.2, 0) is 31.4 Å². The van der Waals surface area contributed by atoms with Crippen LogP contribution in [0.15, 0.2) is 29.2 Å². The van der Waals surface area contributed by atoms with Crippen LogP contribution in [0.1, 0.15) is 31.2 Å². The van der Waals surface area contributed by atoms with Crippen LogP contribution in [0.25, 0.3) is 0 Å². The lowest BCUT2D eigenvalue weighted by atomic mass is 10.00. The molecule has 1 fully saturated rings. The average molecular weight is 479 g/mol. The predicted octanol–water partition coefficient (Wildman–Crippen LogP) is 2.02. The second kappa shape index (κ2) is 9.92. The monoisotopic (exact) mass is 478 g/mol. The summed E-state index contributed by atoms with van der Waals surface area (Å²) in [7, 11) is -0.486. The normalized spacial score (nSPS) is 17.9. The van der Waals surface area contributed by atoms with Gasteiger partial charge in [0, 0.05) is 20.1 Å². The zero-order chi connectivity index (χ0) is 24.3. The number of carbonyl (C=O) groups excluding carboxylic acids is 2. The second-order valence-corrected chi connectivity index (χ2v) is 10.1. The first kappa shape index (κ1) is 24.7. The summed E-state index contributed by atoms with van der Waals surface area (Å²) in [6.45, 7) is 5.41. The highest BCUT2D eigenvalue weighted by Crippen LogP contribution is 2.26. The molecule has 33 heavy (non-hydrogen) atoms. The molecule has 10 nitrogen and oxygen atoms in total. The highest BCUT2D eigenvalue weighted by atomic mass is 32.2. The third-order valence-corrected chi connectivity index (χ3v) is 7.71. The van der Waals surface area contributed by atoms with Crippen LogP contribution in [0.5, 0.6) is 5.75 Å². The fourth-order valence-corrected chi connectivity index (χ4v) is 5.28. The van der Waals surface area contributed by atoms with E-state index in [1.165, 1.54) is 30.5 Å². The number of anilines is 1. The minimum absolute atomic E-state index is 0.00234. The molecule has 11 heteroatoms. The minimum atomic E-state index is -3.76. The number of ether oxygens (including phenoxy) is 2. The van der Waals surface area contributed by atoms with E-state index in [-0.39, 0.29) is 11.4 Å². The third kappa shape index (κ3) is 5.36. The van der Waals surface area contributed by atoms with E-state index < -0.39 is 33.9 Å². The van der Waals surface area contributed by atoms with Gasteiger partial charge in [-0.05, 0) is 57.9 Å². The summed E-state index contributed by atoms with van der Waals surface area (Å²) in [6, 6.07) is 6.11. The molecule has 0 spiro atoms. The average Bonchev–Trinajstić information content (AvgIpc) is 3.04. The number of methoxy groups -OCH3 is 1. The largest absolute Gasteiger partial charge is 0.497 e. The summed E-state index contributed by atoms with van der Waals surface area (Å²) in [6.07, 6.45) is -0.0306. The third-order valence-electron chi connectivity index (χ3n) is 5.83. The van der Waals surface area contributed by atoms with Gasteiger partial charge < -0.3 is 14.8 Å². The van der Waals surface area contributed by atoms with Crippen molar-refractivity contribution in [2.75, 3.05) is 25.5 Å². The zero-order valence-electron chi connectivity index (χ0n) is 19.5. The van der Waals surface area contributed by atoms with Gasteiger partial charge in [0.25, 0.3) is 5.91 Å². The molecule has 1 amide bonds. The number of piperidine rings is 1. The van der Waals surface area contributed by atoms with Gasteiger partial charge in [-0.3, -0.25) is 14.3 Å². The Morgan fingerprint density at radius 2 is 1.88 bits per heavy atom. The molecule has 180 valence electrons. The Morgan fingerprint density at radius 1 is 1.21 bits per heavy atom. The summed E-state index contributed by atoms with van der Waals surface area (Å²) in [4.78, 5) is 25.4. The maximum Gasteiger partial charge on any atom is 0.311 e. The van der Waals surface area contributed by atoms with Crippen molar-refractivity contribution in [1.82, 2.24) is 14.1 Å². The lowest BCUT2D eigenvalue weighted by molar-refractivity contribution is -0.158. The molecule has 2 atom stereocenters. The lowest BCUT2D eigenvalue weighted by Gasteiger charge is -2.31. The smallest absolute Gasteiger partial charge is 0.311 e. The first-order chi connectivity index (χ1) is 15.5. The van der Waals surface area contributed by atoms with Gasteiger partial charge >= 0.3 is 5.97 Å². The highest BCUT2D eigenvalue weighted by Gasteiger charge is 2.35. The van der Waals surface area contributed by atoms with Crippen LogP contribution in [0.3, 0.4) is 0 Å². The van der Waals surface area contributed by atoms with Crippen molar-refractivity contribution in [3.63, 3.8) is 0 Å². The quantitative estimate of drug-likeness (QED) is 0.605. The number of rotatable bonds is 7. The number of esters is 1. The number of amides is 1. The van der Waals surface area contributed by atoms with Crippen LogP contribution in [0.4, 0.5) is 5.69 Å². The van der Waals surface area contributed by atoms with Crippen molar-refractivity contribution < 1.29 is 27.5 Å². The van der Waals surface area contributed by atoms with E-state index in [0.717, 1.165) is 5.69 Å². The highest BCUT2D eigenvalue weighted by molar-refractivity contribution is 7.89. The molecule has 1 aromatic heterocycles. The van der Waals surface area contributed by atoms with Crippen molar-refractivity contribution in [2.24, 2.45) is 13.0 Å². The maximum absolute atomic E-state index is 13.0. The number of aryl methyl sites for hydroxylation is 2. The van der Waals surface area contributed by atoms with Gasteiger partial charge in [-0.25, -0.2) is 8.42 Å². The van der Waals surface area contributed by atoms with Crippen LogP contribution < -0.4 is 10.1 Å². The second-order valence-electron chi connectivity index (χ2n) is 8.12. The van der Waals surface area contributed by atoms with Crippen LogP contribution in [0.2, 0.25) is 0 Å². The van der Waals surface area contributed by atoms with Gasteiger partial charge in [-0.1, -0.05) is 0 Å². The molecule has 0 aliphatic carbocycles.